The Morgan fingerprint density at radius 2 is 1.65 bits per heavy atom. The molecule has 11 N–H and O–H groups in total. The van der Waals surface area contributed by atoms with E-state index in [4.69, 9.17) is 10.5 Å². The zero-order valence-corrected chi connectivity index (χ0v) is 51.2. The van der Waals surface area contributed by atoms with Crippen LogP contribution in [0.15, 0.2) is 56.7 Å². The highest BCUT2D eigenvalue weighted by Crippen LogP contribution is 2.55. The van der Waals surface area contributed by atoms with Gasteiger partial charge in [-0.1, -0.05) is 6.92 Å². The van der Waals surface area contributed by atoms with Crippen LogP contribution in [0.1, 0.15) is 79.9 Å². The molecule has 6 fully saturated rings. The van der Waals surface area contributed by atoms with Crippen molar-refractivity contribution in [1.29, 1.82) is 0 Å². The first-order chi connectivity index (χ1) is 41.5. The number of nitrogens with one attached hydrogen (secondary N) is 2. The maximum atomic E-state index is 15.3. The third kappa shape index (κ3) is 10.4. The predicted octanol–water partition coefficient (Wildman–Crippen LogP) is 2.09. The molecule has 4 aliphatic carbocycles. The quantitative estimate of drug-likeness (QED) is 0.0917. The molecule has 0 unspecified atom stereocenters. The van der Waals surface area contributed by atoms with E-state index in [2.05, 4.69) is 10.6 Å². The van der Waals surface area contributed by atoms with Crippen LogP contribution in [0.25, 0.3) is 16.7 Å². The van der Waals surface area contributed by atoms with Gasteiger partial charge in [0.05, 0.1) is 53.7 Å². The molecule has 4 saturated heterocycles. The van der Waals surface area contributed by atoms with Crippen molar-refractivity contribution in [2.75, 3.05) is 85.4 Å². The van der Waals surface area contributed by atoms with Crippen molar-refractivity contribution in [1.82, 2.24) is 29.9 Å². The molecule has 3 aromatic rings. The van der Waals surface area contributed by atoms with E-state index in [1.54, 1.807) is 50.6 Å². The highest BCUT2D eigenvalue weighted by Gasteiger charge is 2.65. The second-order valence-corrected chi connectivity index (χ2v) is 26.4. The monoisotopic (exact) mass is 1240 g/mol. The number of halogens is 1. The molecule has 2 aromatic carbocycles. The SMILES string of the molecule is CN(C)c1ccc(O)c2c1C[C@H]1C[C@H]3[C@H](N(C)C)C(=O)C(C(N)=O)=C(O)[C@@]3(O)C(=O)C1=C2O.COc1c(N2C[C@@H]3CCCN[C@@H]3C2)c(F)cc2c(=O)c(C(=O)O)cn(C3CC3)c12.C[C@@H](O)[C@H]1C(=O)N2C(C(=O)O)=C(S[C@@H]3CN[C@H](C(=O)N(C)C)C3)[C@H](C)[C@H]12. The van der Waals surface area contributed by atoms with Gasteiger partial charge >= 0.3 is 11.9 Å². The maximum absolute atomic E-state index is 15.3. The van der Waals surface area contributed by atoms with Gasteiger partial charge in [0.1, 0.15) is 39.8 Å². The number of thioether (sulfide) groups is 1. The number of anilines is 2. The number of carboxylic acid groups (broad SMARTS) is 2. The van der Waals surface area contributed by atoms with Crippen LogP contribution >= 0.6 is 11.8 Å². The summed E-state index contributed by atoms with van der Waals surface area (Å²) in [6.07, 6.45) is 5.54. The molecule has 5 aliphatic heterocycles. The van der Waals surface area contributed by atoms with Gasteiger partial charge in [-0.05, 0) is 108 Å². The normalized spacial score (nSPS) is 29.0. The zero-order valence-electron chi connectivity index (χ0n) is 50.4. The highest BCUT2D eigenvalue weighted by atomic mass is 32.2. The van der Waals surface area contributed by atoms with Crippen LogP contribution in [0.3, 0.4) is 0 Å². The summed E-state index contributed by atoms with van der Waals surface area (Å²) in [4.78, 5) is 108. The third-order valence-electron chi connectivity index (χ3n) is 19.0. The van der Waals surface area contributed by atoms with Crippen molar-refractivity contribution in [3.8, 4) is 11.5 Å². The number of ketones is 2. The summed E-state index contributed by atoms with van der Waals surface area (Å²) in [6, 6.07) is 3.06. The van der Waals surface area contributed by atoms with Gasteiger partial charge in [-0.3, -0.25) is 33.7 Å². The third-order valence-corrected chi connectivity index (χ3v) is 20.5. The molecule has 3 amide bonds. The molecule has 0 radical (unpaired) electrons. The molecule has 27 heteroatoms. The second kappa shape index (κ2) is 23.8. The lowest BCUT2D eigenvalue weighted by Crippen LogP contribution is -2.65. The highest BCUT2D eigenvalue weighted by molar-refractivity contribution is 8.03. The number of methoxy groups -OCH3 is 1. The minimum Gasteiger partial charge on any atom is -0.508 e. The first-order valence-electron chi connectivity index (χ1n) is 29.4. The number of carboxylic acids is 2. The lowest BCUT2D eigenvalue weighted by atomic mass is 9.57. The number of rotatable bonds is 12. The molecule has 25 nitrogen and oxygen atoms in total. The van der Waals surface area contributed by atoms with Crippen molar-refractivity contribution in [2.24, 2.45) is 35.3 Å². The fraction of sp³-hybridized carbons (Fsp3) is 0.541. The number of Topliss-reactive ketones (excluding diaryl/α,β-unsaturated/α-hetero) is 2. The minimum absolute atomic E-state index is 0.00757. The number of primary amides is 1. The summed E-state index contributed by atoms with van der Waals surface area (Å²) >= 11 is 1.45. The zero-order chi connectivity index (χ0) is 64.2. The Balaban J connectivity index is 0.000000147. The molecule has 0 bridgehead atoms. The number of aromatic carboxylic acids is 1. The molecule has 12 atom stereocenters. The van der Waals surface area contributed by atoms with Crippen LogP contribution in [0, 0.1) is 35.4 Å². The summed E-state index contributed by atoms with van der Waals surface area (Å²) in [7, 11) is 11.6. The van der Waals surface area contributed by atoms with Crippen LogP contribution in [0.4, 0.5) is 15.8 Å². The van der Waals surface area contributed by atoms with Gasteiger partial charge < -0.3 is 81.0 Å². The first-order valence-corrected chi connectivity index (χ1v) is 30.3. The average molecular weight is 1240 g/mol. The van der Waals surface area contributed by atoms with Crippen LogP contribution in [-0.4, -0.2) is 213 Å². The number of pyridine rings is 1. The summed E-state index contributed by atoms with van der Waals surface area (Å²) in [5.74, 6) is -9.74. The first kappa shape index (κ1) is 63.5. The van der Waals surface area contributed by atoms with Gasteiger partial charge in [-0.2, -0.15) is 0 Å². The molecule has 88 heavy (non-hydrogen) atoms. The second-order valence-electron chi connectivity index (χ2n) is 25.1. The number of aromatic hydroxyl groups is 1. The van der Waals surface area contributed by atoms with Crippen molar-refractivity contribution in [3.05, 3.63) is 84.6 Å². The smallest absolute Gasteiger partial charge is 0.353 e. The lowest BCUT2D eigenvalue weighted by molar-refractivity contribution is -0.163. The number of ether oxygens (including phenoxy) is 1. The summed E-state index contributed by atoms with van der Waals surface area (Å²) in [6.45, 7) is 6.48. The Hall–Kier alpha value is -7.56. The number of likely N-dealkylation sites (N-methyl/N-ethyl adjacent to an activating group) is 2. The fourth-order valence-corrected chi connectivity index (χ4v) is 16.2. The van der Waals surface area contributed by atoms with Gasteiger partial charge in [0.15, 0.2) is 23.0 Å². The number of phenolic OH excluding ortho intramolecular Hbond substituents is 1. The van der Waals surface area contributed by atoms with Gasteiger partial charge in [0.2, 0.25) is 23.0 Å². The Morgan fingerprint density at radius 1 is 0.955 bits per heavy atom. The van der Waals surface area contributed by atoms with Crippen molar-refractivity contribution >= 4 is 81.0 Å². The number of aliphatic hydroxyl groups is 4. The molecule has 6 heterocycles. The number of hydrogen-bond donors (Lipinski definition) is 10. The van der Waals surface area contributed by atoms with E-state index in [1.807, 2.05) is 30.8 Å². The molecule has 474 valence electrons. The van der Waals surface area contributed by atoms with Crippen LogP contribution < -0.4 is 36.3 Å². The van der Waals surface area contributed by atoms with E-state index >= 15 is 4.39 Å². The van der Waals surface area contributed by atoms with Gasteiger partial charge in [0.25, 0.3) is 5.91 Å². The topological polar surface area (TPSA) is 359 Å². The van der Waals surface area contributed by atoms with Crippen LogP contribution in [0.2, 0.25) is 0 Å². The van der Waals surface area contributed by atoms with Gasteiger partial charge in [-0.15, -0.1) is 11.8 Å². The Morgan fingerprint density at radius 3 is 2.23 bits per heavy atom. The number of carbonyl (C=O) groups excluding carboxylic acids is 5. The van der Waals surface area contributed by atoms with Crippen molar-refractivity contribution in [3.63, 3.8) is 0 Å². The molecule has 12 rings (SSSR count). The number of hydrogen-bond acceptors (Lipinski definition) is 20. The number of phenols is 1. The number of fused-ring (bicyclic) bond motifs is 6. The number of β-lactam (4-membered cyclic amide) rings is 1. The molecule has 9 aliphatic rings. The molecule has 0 spiro atoms. The lowest BCUT2D eigenvalue weighted by Gasteiger charge is -2.50. The maximum Gasteiger partial charge on any atom is 0.353 e. The average Bonchev–Trinajstić information content (AvgIpc) is 1.32. The number of benzene rings is 2. The van der Waals surface area contributed by atoms with Gasteiger partial charge in [0, 0.05) is 99.4 Å². The Bertz CT molecular complexity index is 3620. The van der Waals surface area contributed by atoms with Crippen LogP contribution in [0.5, 0.6) is 11.5 Å². The van der Waals surface area contributed by atoms with E-state index in [0.29, 0.717) is 58.9 Å². The Kier molecular flexibility index (Phi) is 17.1. The van der Waals surface area contributed by atoms with E-state index < -0.39 is 93.3 Å². The minimum atomic E-state index is -2.63. The standard InChI is InChI=1S/C23H27N3O7.C21H24FN3O4.C17H25N3O5S/c1-25(2)12-5-6-13(27)15-10(12)7-9-8-11-17(26(3)4)19(29)16(22(24)32)21(31)23(11,33)20(30)14(9)18(15)28;1-29-20-17-13(19(26)14(21(27)28)9-25(17)12-4-5-12)7-15(22)18(20)24-8-11-3-2-6-23-16(11)10-24;1-7-12-11(8(2)21)16(23)20(12)13(17(24)25)14(7)26-9-5-10(18-6-9)15(22)19(3)4/h5-6,9,11,17,27-28,31,33H,7-8H2,1-4H3,(H2,24,32);7,9,11-12,16,23H,2-6,8,10H2,1H3,(H,27,28);7-12,18,21H,5-6H2,1-4H3,(H,24,25)/t9-,11-,17-,23-;11-,16+;7-,8-,9+,10+,11-,12-/m001/s1. The molecule has 2 saturated carbocycles. The van der Waals surface area contributed by atoms with Crippen LogP contribution in [-0.2, 0) is 35.2 Å². The number of piperidine rings is 1. The fourth-order valence-electron chi connectivity index (χ4n) is 14.8. The molecular weight excluding hydrogens is 1170 g/mol. The van der Waals surface area contributed by atoms with E-state index in [-0.39, 0.29) is 87.5 Å². The van der Waals surface area contributed by atoms with Crippen molar-refractivity contribution < 1.29 is 78.4 Å². The number of carbonyl (C=O) groups is 7. The number of nitrogens with zero attached hydrogens (tertiary/aromatic N) is 6. The number of aliphatic carboxylic acids is 1. The summed E-state index contributed by atoms with van der Waals surface area (Å²) in [5, 5.41) is 79.7. The summed E-state index contributed by atoms with van der Waals surface area (Å²) in [5.41, 5.74) is 3.03. The van der Waals surface area contributed by atoms with E-state index in [9.17, 15) is 74.1 Å². The molecular formula is C61H76FN9O16S. The number of aromatic nitrogens is 1. The Labute approximate surface area is 510 Å². The number of nitrogens with two attached hydrogens (primary N) is 1. The number of amides is 3. The predicted molar refractivity (Wildman–Crippen MR) is 321 cm³/mol. The molecule has 1 aromatic heterocycles. The largest absolute Gasteiger partial charge is 0.508 e. The van der Waals surface area contributed by atoms with E-state index in [1.165, 1.54) is 47.0 Å². The summed E-state index contributed by atoms with van der Waals surface area (Å²) < 4.78 is 22.8. The number of aliphatic hydroxyl groups excluding tert-OH is 3. The van der Waals surface area contributed by atoms with Crippen molar-refractivity contribution in [2.45, 2.75) is 106 Å². The van der Waals surface area contributed by atoms with Gasteiger partial charge in [-0.25, -0.2) is 14.0 Å². The van der Waals surface area contributed by atoms with E-state index in [0.717, 1.165) is 44.5 Å².